The topological polar surface area (TPSA) is 72.7 Å². The van der Waals surface area contributed by atoms with Crippen molar-refractivity contribution in [3.05, 3.63) is 29.8 Å². The molecule has 0 aliphatic rings. The van der Waals surface area contributed by atoms with Crippen LogP contribution < -0.4 is 5.32 Å². The molecule has 0 saturated carbocycles. The van der Waals surface area contributed by atoms with Crippen molar-refractivity contribution in [2.24, 2.45) is 5.92 Å². The van der Waals surface area contributed by atoms with Crippen LogP contribution in [0.5, 0.6) is 0 Å². The predicted octanol–water partition coefficient (Wildman–Crippen LogP) is 2.73. The summed E-state index contributed by atoms with van der Waals surface area (Å²) in [5.74, 6) is -1.83. The fourth-order valence-corrected chi connectivity index (χ4v) is 2.59. The van der Waals surface area contributed by atoms with E-state index in [4.69, 9.17) is 0 Å². The number of para-hydroxylation sites is 1. The lowest BCUT2D eigenvalue weighted by Gasteiger charge is -2.13. The Morgan fingerprint density at radius 2 is 1.96 bits per heavy atom. The third-order valence-corrected chi connectivity index (χ3v) is 3.97. The first kappa shape index (κ1) is 17.3. The molecule has 0 saturated heterocycles. The highest BCUT2D eigenvalue weighted by Gasteiger charge is 2.21. The lowest BCUT2D eigenvalue weighted by molar-refractivity contribution is -0.115. The number of carbonyl (C=O) groups excluding carboxylic acids is 1. The highest BCUT2D eigenvalue weighted by molar-refractivity contribution is 8.00. The van der Waals surface area contributed by atoms with Gasteiger partial charge in [0.05, 0.1) is 5.25 Å². The average Bonchev–Trinajstić information content (AvgIpc) is 2.89. The number of thioether (sulfide) groups is 1. The van der Waals surface area contributed by atoms with E-state index in [0.717, 1.165) is 23.9 Å². The van der Waals surface area contributed by atoms with Gasteiger partial charge in [0, 0.05) is 6.54 Å². The Hall–Kier alpha value is -2.03. The highest BCUT2D eigenvalue weighted by atomic mass is 32.2. The van der Waals surface area contributed by atoms with Gasteiger partial charge in [-0.3, -0.25) is 4.79 Å². The Labute approximate surface area is 136 Å². The van der Waals surface area contributed by atoms with E-state index in [2.05, 4.69) is 20.8 Å². The van der Waals surface area contributed by atoms with Crippen LogP contribution in [-0.2, 0) is 11.3 Å². The van der Waals surface area contributed by atoms with Crippen molar-refractivity contribution in [3.63, 3.8) is 0 Å². The van der Waals surface area contributed by atoms with E-state index < -0.39 is 28.5 Å². The van der Waals surface area contributed by atoms with E-state index in [1.165, 1.54) is 6.07 Å². The van der Waals surface area contributed by atoms with Crippen molar-refractivity contribution in [1.82, 2.24) is 20.2 Å². The second kappa shape index (κ2) is 7.49. The van der Waals surface area contributed by atoms with Gasteiger partial charge in [-0.05, 0) is 35.4 Å². The van der Waals surface area contributed by atoms with Crippen LogP contribution in [0.4, 0.5) is 14.5 Å². The monoisotopic (exact) mass is 341 g/mol. The lowest BCUT2D eigenvalue weighted by Crippen LogP contribution is -2.24. The molecular formula is C14H17F2N5OS. The summed E-state index contributed by atoms with van der Waals surface area (Å²) in [6.07, 6.45) is 0. The van der Waals surface area contributed by atoms with Gasteiger partial charge >= 0.3 is 0 Å². The van der Waals surface area contributed by atoms with Crippen LogP contribution in [0.3, 0.4) is 0 Å². The molecule has 1 unspecified atom stereocenters. The number of aromatic nitrogens is 4. The molecule has 9 heteroatoms. The summed E-state index contributed by atoms with van der Waals surface area (Å²) in [6.45, 7) is 6.28. The number of halogens is 2. The van der Waals surface area contributed by atoms with Crippen molar-refractivity contribution in [3.8, 4) is 0 Å². The number of hydrogen-bond donors (Lipinski definition) is 1. The molecule has 124 valence electrons. The fourth-order valence-electron chi connectivity index (χ4n) is 1.80. The Morgan fingerprint density at radius 1 is 1.30 bits per heavy atom. The smallest absolute Gasteiger partial charge is 0.237 e. The first-order valence-corrected chi connectivity index (χ1v) is 7.94. The zero-order valence-corrected chi connectivity index (χ0v) is 13.8. The van der Waals surface area contributed by atoms with Gasteiger partial charge in [-0.2, -0.15) is 0 Å². The molecule has 1 atom stereocenters. The van der Waals surface area contributed by atoms with E-state index in [-0.39, 0.29) is 0 Å². The molecule has 1 N–H and O–H groups in total. The molecular weight excluding hydrogens is 324 g/mol. The van der Waals surface area contributed by atoms with Gasteiger partial charge in [0.1, 0.15) is 17.3 Å². The molecule has 6 nitrogen and oxygen atoms in total. The van der Waals surface area contributed by atoms with Crippen LogP contribution in [0.2, 0.25) is 0 Å². The Balaban J connectivity index is 2.05. The number of amides is 1. The van der Waals surface area contributed by atoms with Gasteiger partial charge in [-0.1, -0.05) is 31.7 Å². The molecule has 0 aliphatic carbocycles. The number of tetrazole rings is 1. The largest absolute Gasteiger partial charge is 0.320 e. The van der Waals surface area contributed by atoms with Crippen LogP contribution in [0.15, 0.2) is 23.4 Å². The van der Waals surface area contributed by atoms with Gasteiger partial charge in [0.15, 0.2) is 0 Å². The lowest BCUT2D eigenvalue weighted by atomic mass is 10.2. The molecule has 0 aliphatic heterocycles. The van der Waals surface area contributed by atoms with E-state index in [0.29, 0.717) is 17.6 Å². The maximum atomic E-state index is 13.6. The summed E-state index contributed by atoms with van der Waals surface area (Å²) in [4.78, 5) is 12.1. The van der Waals surface area contributed by atoms with Crippen LogP contribution in [-0.4, -0.2) is 31.4 Å². The van der Waals surface area contributed by atoms with Gasteiger partial charge in [-0.25, -0.2) is 13.5 Å². The third-order valence-electron chi connectivity index (χ3n) is 2.90. The molecule has 0 fully saturated rings. The number of anilines is 1. The first-order chi connectivity index (χ1) is 10.9. The standard InChI is InChI=1S/C14H17F2N5OS/c1-8(2)7-21-14(18-19-20-21)23-9(3)13(22)17-12-10(15)5-4-6-11(12)16/h4-6,8-9H,7H2,1-3H3,(H,17,22). The third kappa shape index (κ3) is 4.47. The second-order valence-corrected chi connectivity index (χ2v) is 6.69. The fraction of sp³-hybridized carbons (Fsp3) is 0.429. The second-order valence-electron chi connectivity index (χ2n) is 5.38. The number of carbonyl (C=O) groups is 1. The van der Waals surface area contributed by atoms with Gasteiger partial charge in [0.25, 0.3) is 0 Å². The molecule has 0 bridgehead atoms. The molecule has 1 heterocycles. The molecule has 1 aromatic heterocycles. The van der Waals surface area contributed by atoms with Crippen molar-refractivity contribution in [2.45, 2.75) is 37.7 Å². The van der Waals surface area contributed by atoms with Crippen LogP contribution >= 0.6 is 11.8 Å². The minimum absolute atomic E-state index is 0.342. The Bertz CT molecular complexity index is 671. The molecule has 1 aromatic carbocycles. The van der Waals surface area contributed by atoms with Crippen molar-refractivity contribution in [1.29, 1.82) is 0 Å². The van der Waals surface area contributed by atoms with Gasteiger partial charge < -0.3 is 5.32 Å². The number of benzene rings is 1. The summed E-state index contributed by atoms with van der Waals surface area (Å²) in [5.41, 5.74) is -0.452. The van der Waals surface area contributed by atoms with E-state index in [9.17, 15) is 13.6 Å². The van der Waals surface area contributed by atoms with Crippen molar-refractivity contribution in [2.75, 3.05) is 5.32 Å². The quantitative estimate of drug-likeness (QED) is 0.818. The van der Waals surface area contributed by atoms with Gasteiger partial charge in [-0.15, -0.1) is 5.10 Å². The zero-order valence-electron chi connectivity index (χ0n) is 13.0. The van der Waals surface area contributed by atoms with Crippen molar-refractivity contribution < 1.29 is 13.6 Å². The Morgan fingerprint density at radius 3 is 2.57 bits per heavy atom. The summed E-state index contributed by atoms with van der Waals surface area (Å²) in [6, 6.07) is 3.40. The molecule has 0 radical (unpaired) electrons. The molecule has 23 heavy (non-hydrogen) atoms. The summed E-state index contributed by atoms with van der Waals surface area (Å²) in [5, 5.41) is 13.5. The number of hydrogen-bond acceptors (Lipinski definition) is 5. The Kier molecular flexibility index (Phi) is 5.64. The molecule has 1 amide bonds. The SMILES string of the molecule is CC(C)Cn1nnnc1SC(C)C(=O)Nc1c(F)cccc1F. The zero-order chi connectivity index (χ0) is 17.0. The normalized spacial score (nSPS) is 12.4. The minimum atomic E-state index is -0.819. The number of rotatable bonds is 6. The first-order valence-electron chi connectivity index (χ1n) is 7.06. The van der Waals surface area contributed by atoms with Gasteiger partial charge in [0.2, 0.25) is 11.1 Å². The van der Waals surface area contributed by atoms with Crippen LogP contribution in [0, 0.1) is 17.6 Å². The summed E-state index contributed by atoms with van der Waals surface area (Å²) >= 11 is 1.13. The average molecular weight is 341 g/mol. The molecule has 0 spiro atoms. The predicted molar refractivity (Wildman–Crippen MR) is 83.0 cm³/mol. The molecule has 2 aromatic rings. The maximum Gasteiger partial charge on any atom is 0.237 e. The summed E-state index contributed by atoms with van der Waals surface area (Å²) < 4.78 is 28.7. The van der Waals surface area contributed by atoms with Crippen molar-refractivity contribution >= 4 is 23.4 Å². The number of nitrogens with zero attached hydrogens (tertiary/aromatic N) is 4. The maximum absolute atomic E-state index is 13.6. The minimum Gasteiger partial charge on any atom is -0.320 e. The highest BCUT2D eigenvalue weighted by Crippen LogP contribution is 2.24. The van der Waals surface area contributed by atoms with Crippen LogP contribution in [0.1, 0.15) is 20.8 Å². The summed E-state index contributed by atoms with van der Waals surface area (Å²) in [7, 11) is 0. The molecule has 2 rings (SSSR count). The van der Waals surface area contributed by atoms with E-state index >= 15 is 0 Å². The number of nitrogens with one attached hydrogen (secondary N) is 1. The van der Waals surface area contributed by atoms with E-state index in [1.807, 2.05) is 13.8 Å². The van der Waals surface area contributed by atoms with E-state index in [1.54, 1.807) is 11.6 Å². The van der Waals surface area contributed by atoms with Crippen LogP contribution in [0.25, 0.3) is 0 Å².